The second kappa shape index (κ2) is 13.8. The third-order valence-corrected chi connectivity index (χ3v) is 6.19. The van der Waals surface area contributed by atoms with E-state index >= 15 is 0 Å². The minimum atomic E-state index is -0.111. The lowest BCUT2D eigenvalue weighted by molar-refractivity contribution is 0.408. The average molecular weight is 450 g/mol. The number of hydrogen-bond donors (Lipinski definition) is 1. The highest BCUT2D eigenvalue weighted by Crippen LogP contribution is 2.25. The molecule has 3 aromatic rings. The fourth-order valence-electron chi connectivity index (χ4n) is 4.17. The van der Waals surface area contributed by atoms with E-state index in [0.717, 1.165) is 41.1 Å². The first kappa shape index (κ1) is 25.0. The van der Waals surface area contributed by atoms with Gasteiger partial charge in [-0.05, 0) is 42.2 Å². The first-order valence-electron chi connectivity index (χ1n) is 12.5. The zero-order valence-corrected chi connectivity index (χ0v) is 20.3. The number of aromatic nitrogens is 2. The molecule has 1 unspecified atom stereocenters. The zero-order valence-electron chi connectivity index (χ0n) is 20.3. The van der Waals surface area contributed by atoms with E-state index in [4.69, 9.17) is 15.0 Å². The minimum Gasteiger partial charge on any atom is -0.496 e. The van der Waals surface area contributed by atoms with Gasteiger partial charge < -0.3 is 15.0 Å². The summed E-state index contributed by atoms with van der Waals surface area (Å²) in [4.78, 5) is 4.59. The van der Waals surface area contributed by atoms with E-state index in [-0.39, 0.29) is 6.04 Å². The molecule has 0 aliphatic heterocycles. The SMILES string of the molecule is CCCCCCCCCCCc1noc(-c2ccc(C(N)Cc3ccccc3OC)cc2)n1. The van der Waals surface area contributed by atoms with Crippen LogP contribution in [0.3, 0.4) is 0 Å². The highest BCUT2D eigenvalue weighted by atomic mass is 16.5. The number of methoxy groups -OCH3 is 1. The Hall–Kier alpha value is -2.66. The van der Waals surface area contributed by atoms with Crippen molar-refractivity contribution in [2.24, 2.45) is 5.73 Å². The van der Waals surface area contributed by atoms with Crippen molar-refractivity contribution >= 4 is 0 Å². The standard InChI is InChI=1S/C28H39N3O2/c1-3-4-5-6-7-8-9-10-11-16-27-30-28(33-31-27)23-19-17-22(18-20-23)25(29)21-24-14-12-13-15-26(24)32-2/h12-15,17-20,25H,3-11,16,21,29H2,1-2H3. The molecule has 5 heteroatoms. The molecule has 0 saturated carbocycles. The summed E-state index contributed by atoms with van der Waals surface area (Å²) in [5.74, 6) is 2.24. The molecule has 2 aromatic carbocycles. The fraction of sp³-hybridized carbons (Fsp3) is 0.500. The van der Waals surface area contributed by atoms with Crippen molar-refractivity contribution in [3.05, 3.63) is 65.5 Å². The summed E-state index contributed by atoms with van der Waals surface area (Å²) in [6.07, 6.45) is 13.4. The quantitative estimate of drug-likeness (QED) is 0.251. The van der Waals surface area contributed by atoms with Gasteiger partial charge in [-0.1, -0.05) is 93.8 Å². The van der Waals surface area contributed by atoms with Crippen LogP contribution in [0.15, 0.2) is 53.1 Å². The molecule has 0 saturated heterocycles. The number of hydrogen-bond acceptors (Lipinski definition) is 5. The van der Waals surface area contributed by atoms with Gasteiger partial charge in [0.1, 0.15) is 5.75 Å². The average Bonchev–Trinajstić information content (AvgIpc) is 3.32. The molecule has 5 nitrogen and oxygen atoms in total. The minimum absolute atomic E-state index is 0.111. The van der Waals surface area contributed by atoms with Gasteiger partial charge in [-0.2, -0.15) is 4.98 Å². The second-order valence-electron chi connectivity index (χ2n) is 8.84. The van der Waals surface area contributed by atoms with E-state index in [1.54, 1.807) is 7.11 Å². The molecular weight excluding hydrogens is 410 g/mol. The van der Waals surface area contributed by atoms with Gasteiger partial charge in [0.2, 0.25) is 0 Å². The number of rotatable bonds is 15. The lowest BCUT2D eigenvalue weighted by atomic mass is 9.98. The maximum absolute atomic E-state index is 6.46. The normalized spacial score (nSPS) is 12.1. The number of nitrogens with two attached hydrogens (primary N) is 1. The summed E-state index contributed by atoms with van der Waals surface area (Å²) in [6.45, 7) is 2.26. The van der Waals surface area contributed by atoms with Gasteiger partial charge in [0.25, 0.3) is 5.89 Å². The van der Waals surface area contributed by atoms with Crippen LogP contribution in [0.5, 0.6) is 5.75 Å². The fourth-order valence-corrected chi connectivity index (χ4v) is 4.17. The largest absolute Gasteiger partial charge is 0.496 e. The third-order valence-electron chi connectivity index (χ3n) is 6.19. The van der Waals surface area contributed by atoms with Crippen molar-refractivity contribution in [1.82, 2.24) is 10.1 Å². The number of unbranched alkanes of at least 4 members (excludes halogenated alkanes) is 8. The second-order valence-corrected chi connectivity index (χ2v) is 8.84. The van der Waals surface area contributed by atoms with E-state index in [9.17, 15) is 0 Å². The maximum Gasteiger partial charge on any atom is 0.257 e. The maximum atomic E-state index is 6.46. The summed E-state index contributed by atoms with van der Waals surface area (Å²) in [5, 5.41) is 4.17. The van der Waals surface area contributed by atoms with Gasteiger partial charge in [0.05, 0.1) is 7.11 Å². The zero-order chi connectivity index (χ0) is 23.3. The van der Waals surface area contributed by atoms with Crippen molar-refractivity contribution in [3.8, 4) is 17.2 Å². The van der Waals surface area contributed by atoms with Gasteiger partial charge in [-0.25, -0.2) is 0 Å². The van der Waals surface area contributed by atoms with Crippen molar-refractivity contribution in [2.75, 3.05) is 7.11 Å². The highest BCUT2D eigenvalue weighted by molar-refractivity contribution is 5.53. The number of ether oxygens (including phenoxy) is 1. The van der Waals surface area contributed by atoms with Crippen LogP contribution in [0.25, 0.3) is 11.5 Å². The molecule has 178 valence electrons. The Morgan fingerprint density at radius 3 is 2.24 bits per heavy atom. The van der Waals surface area contributed by atoms with Crippen LogP contribution in [-0.4, -0.2) is 17.3 Å². The van der Waals surface area contributed by atoms with E-state index in [1.165, 1.54) is 51.4 Å². The van der Waals surface area contributed by atoms with Gasteiger partial charge in [-0.15, -0.1) is 0 Å². The first-order valence-corrected chi connectivity index (χ1v) is 12.5. The number of nitrogens with zero attached hydrogens (tertiary/aromatic N) is 2. The van der Waals surface area contributed by atoms with E-state index in [0.29, 0.717) is 12.3 Å². The predicted octanol–water partition coefficient (Wildman–Crippen LogP) is 7.06. The number of aryl methyl sites for hydroxylation is 1. The molecule has 2 N–H and O–H groups in total. The lowest BCUT2D eigenvalue weighted by Gasteiger charge is -2.14. The summed E-state index contributed by atoms with van der Waals surface area (Å²) < 4.78 is 10.9. The third kappa shape index (κ3) is 8.01. The lowest BCUT2D eigenvalue weighted by Crippen LogP contribution is -2.13. The van der Waals surface area contributed by atoms with Crippen LogP contribution < -0.4 is 10.5 Å². The van der Waals surface area contributed by atoms with Crippen molar-refractivity contribution < 1.29 is 9.26 Å². The van der Waals surface area contributed by atoms with Crippen LogP contribution >= 0.6 is 0 Å². The molecule has 0 radical (unpaired) electrons. The van der Waals surface area contributed by atoms with Crippen LogP contribution in [0.2, 0.25) is 0 Å². The Balaban J connectivity index is 1.43. The van der Waals surface area contributed by atoms with Crippen molar-refractivity contribution in [3.63, 3.8) is 0 Å². The van der Waals surface area contributed by atoms with Gasteiger partial charge in [0, 0.05) is 18.0 Å². The van der Waals surface area contributed by atoms with Gasteiger partial charge in [0.15, 0.2) is 5.82 Å². The summed E-state index contributed by atoms with van der Waals surface area (Å²) in [7, 11) is 1.69. The Morgan fingerprint density at radius 2 is 1.55 bits per heavy atom. The highest BCUT2D eigenvalue weighted by Gasteiger charge is 2.13. The smallest absolute Gasteiger partial charge is 0.257 e. The molecule has 1 atom stereocenters. The summed E-state index contributed by atoms with van der Waals surface area (Å²) >= 11 is 0. The van der Waals surface area contributed by atoms with E-state index < -0.39 is 0 Å². The Bertz CT molecular complexity index is 936. The molecular formula is C28H39N3O2. The molecule has 0 aliphatic rings. The number of benzene rings is 2. The van der Waals surface area contributed by atoms with Crippen molar-refractivity contribution in [1.29, 1.82) is 0 Å². The van der Waals surface area contributed by atoms with Gasteiger partial charge in [-0.3, -0.25) is 0 Å². The molecule has 0 spiro atoms. The van der Waals surface area contributed by atoms with E-state index in [1.807, 2.05) is 42.5 Å². The van der Waals surface area contributed by atoms with E-state index in [2.05, 4.69) is 23.1 Å². The van der Waals surface area contributed by atoms with Crippen LogP contribution in [0.4, 0.5) is 0 Å². The molecule has 0 amide bonds. The predicted molar refractivity (Wildman–Crippen MR) is 134 cm³/mol. The number of para-hydroxylation sites is 1. The summed E-state index contributed by atoms with van der Waals surface area (Å²) in [6, 6.07) is 16.0. The van der Waals surface area contributed by atoms with Crippen LogP contribution in [-0.2, 0) is 12.8 Å². The molecule has 0 bridgehead atoms. The summed E-state index contributed by atoms with van der Waals surface area (Å²) in [5.41, 5.74) is 9.56. The molecule has 1 aromatic heterocycles. The first-order chi connectivity index (χ1) is 16.2. The van der Waals surface area contributed by atoms with Gasteiger partial charge >= 0.3 is 0 Å². The molecule has 0 aliphatic carbocycles. The molecule has 0 fully saturated rings. The Morgan fingerprint density at radius 1 is 0.879 bits per heavy atom. The van der Waals surface area contributed by atoms with Crippen LogP contribution in [0.1, 0.15) is 87.7 Å². The molecule has 3 rings (SSSR count). The Labute approximate surface area is 198 Å². The van der Waals surface area contributed by atoms with Crippen LogP contribution in [0, 0.1) is 0 Å². The molecule has 33 heavy (non-hydrogen) atoms. The van der Waals surface area contributed by atoms with Crippen molar-refractivity contribution in [2.45, 2.75) is 83.6 Å². The molecule has 1 heterocycles. The monoisotopic (exact) mass is 449 g/mol. The Kier molecular flexibility index (Phi) is 10.4. The topological polar surface area (TPSA) is 74.2 Å².